The standard InChI is InChI=1S/C62H77N13O7S2/c1-38-28-40-30-41(29-38)32-62(3,31-40)37-68-39(2)47(33-63)44-17-18-53(73-23-19-42-10-6-11-45(48(42)35-73)56(76)71-61-69-49-13-4-5-16-52(49)84-61)70-55(44)58(78)72-83-27-9-22-74(65)34-43(64)36-82-26-25-81-24-21-66-50-14-7-12-46-54(50)60(80)75(59(46)79)51-15-8-20-67-57(51)77/h4-7,10-14,16-18,33-34,38,40-41,51,63,66,68H,8-9,15,19-32,35-37,64-65H2,1-3H3,(H,67,77)(H,72,78)(H,69,71,76)/b43-34-,47-39+,63-33?. The normalized spacial score (nSPS) is 21.5. The molecule has 2 bridgehead atoms. The molecule has 2 saturated carbocycles. The number of imide groups is 1. The van der Waals surface area contributed by atoms with Crippen LogP contribution in [0.3, 0.4) is 0 Å². The molecule has 5 aliphatic rings. The van der Waals surface area contributed by atoms with Crippen molar-refractivity contribution in [2.45, 2.75) is 91.1 Å². The fourth-order valence-electron chi connectivity index (χ4n) is 13.0. The number of thiazole rings is 1. The Morgan fingerprint density at radius 2 is 1.75 bits per heavy atom. The van der Waals surface area contributed by atoms with Crippen molar-refractivity contribution < 1.29 is 33.4 Å². The second kappa shape index (κ2) is 27.1. The van der Waals surface area contributed by atoms with Crippen molar-refractivity contribution in [2.24, 2.45) is 34.7 Å². The molecule has 10 N–H and O–H groups in total. The summed E-state index contributed by atoms with van der Waals surface area (Å²) < 4.78 is 15.5. The second-order valence-corrected chi connectivity index (χ2v) is 25.2. The maximum Gasteiger partial charge on any atom is 0.280 e. The number of hydrogen-bond acceptors (Lipinski definition) is 18. The van der Waals surface area contributed by atoms with Crippen molar-refractivity contribution in [1.29, 1.82) is 5.41 Å². The first-order valence-corrected chi connectivity index (χ1v) is 31.0. The number of aromatic nitrogens is 2. The van der Waals surface area contributed by atoms with Crippen LogP contribution in [-0.2, 0) is 27.2 Å². The first kappa shape index (κ1) is 59.8. The molecule has 3 aromatic carbocycles. The van der Waals surface area contributed by atoms with E-state index in [1.807, 2.05) is 55.5 Å². The minimum Gasteiger partial charge on any atom is -0.399 e. The topological polar surface area (TPSA) is 275 Å². The SMILES string of the molecule is C/C(NCC1(C)CC2CC(C)CC(C2)C1)=C(/C=N)c1ccc(N2CCc3cccc(C(=O)Nc4nc5ccccc5s4)c3C2)nc1C(=O)NSCCCN(N)/C=C(\N)COCCOCCNc1cccc2c1C(=O)N(C1CCCNC1=O)C2=O. The van der Waals surface area contributed by atoms with Gasteiger partial charge in [-0.1, -0.05) is 67.5 Å². The molecule has 2 aliphatic carbocycles. The third-order valence-electron chi connectivity index (χ3n) is 16.6. The van der Waals surface area contributed by atoms with Gasteiger partial charge in [0.05, 0.1) is 53.5 Å². The van der Waals surface area contributed by atoms with E-state index in [0.717, 1.165) is 56.2 Å². The van der Waals surface area contributed by atoms with Crippen LogP contribution < -0.4 is 42.5 Å². The van der Waals surface area contributed by atoms with Gasteiger partial charge in [-0.25, -0.2) is 15.8 Å². The Labute approximate surface area is 498 Å². The highest BCUT2D eigenvalue weighted by molar-refractivity contribution is 7.97. The number of rotatable bonds is 25. The summed E-state index contributed by atoms with van der Waals surface area (Å²) in [5.74, 6) is 7.80. The third-order valence-corrected chi connectivity index (χ3v) is 18.4. The van der Waals surface area contributed by atoms with Crippen LogP contribution in [0.4, 0.5) is 16.6 Å². The van der Waals surface area contributed by atoms with Gasteiger partial charge >= 0.3 is 0 Å². The minimum atomic E-state index is -0.813. The van der Waals surface area contributed by atoms with Crippen molar-refractivity contribution in [3.05, 3.63) is 129 Å². The number of ether oxygens (including phenoxy) is 2. The molecule has 10 rings (SSSR count). The highest BCUT2D eigenvalue weighted by atomic mass is 32.2. The number of para-hydroxylation sites is 1. The minimum absolute atomic E-state index is 0.128. The molecule has 5 amide bonds. The molecular formula is C62H77N13O7S2. The fraction of sp³-hybridized carbons (Fsp3) is 0.452. The van der Waals surface area contributed by atoms with Gasteiger partial charge in [0.25, 0.3) is 23.6 Å². The molecule has 0 radical (unpaired) electrons. The first-order valence-electron chi connectivity index (χ1n) is 29.2. The predicted octanol–water partition coefficient (Wildman–Crippen LogP) is 8.09. The van der Waals surface area contributed by atoms with Gasteiger partial charge in [-0.2, -0.15) is 0 Å². The van der Waals surface area contributed by atoms with Crippen molar-refractivity contribution in [3.63, 3.8) is 0 Å². The molecule has 3 fully saturated rings. The quantitative estimate of drug-likeness (QED) is 0.00685. The number of hydrogen-bond donors (Lipinski definition) is 8. The molecule has 444 valence electrons. The zero-order valence-corrected chi connectivity index (χ0v) is 49.7. The Morgan fingerprint density at radius 3 is 2.55 bits per heavy atom. The van der Waals surface area contributed by atoms with Gasteiger partial charge in [0.1, 0.15) is 17.6 Å². The van der Waals surface area contributed by atoms with Crippen LogP contribution in [0, 0.1) is 28.6 Å². The Morgan fingerprint density at radius 1 is 0.952 bits per heavy atom. The molecule has 84 heavy (non-hydrogen) atoms. The van der Waals surface area contributed by atoms with E-state index in [0.29, 0.717) is 110 Å². The molecule has 2 aromatic heterocycles. The van der Waals surface area contributed by atoms with Crippen LogP contribution in [0.1, 0.15) is 130 Å². The number of anilines is 3. The van der Waals surface area contributed by atoms with E-state index in [4.69, 9.17) is 31.4 Å². The summed E-state index contributed by atoms with van der Waals surface area (Å²) in [7, 11) is 0. The van der Waals surface area contributed by atoms with Gasteiger partial charge in [-0.3, -0.25) is 38.9 Å². The lowest BCUT2D eigenvalue weighted by atomic mass is 9.59. The number of carbonyl (C=O) groups excluding carboxylic acids is 5. The van der Waals surface area contributed by atoms with E-state index in [-0.39, 0.29) is 53.9 Å². The largest absolute Gasteiger partial charge is 0.399 e. The number of nitrogens with two attached hydrogens (primary N) is 2. The van der Waals surface area contributed by atoms with Crippen molar-refractivity contribution in [2.75, 3.05) is 80.4 Å². The number of carbonyl (C=O) groups is 5. The monoisotopic (exact) mass is 1180 g/mol. The Hall–Kier alpha value is -7.37. The van der Waals surface area contributed by atoms with Crippen LogP contribution in [0.2, 0.25) is 0 Å². The molecule has 3 atom stereocenters. The highest BCUT2D eigenvalue weighted by Gasteiger charge is 2.45. The summed E-state index contributed by atoms with van der Waals surface area (Å²) in [5.41, 5.74) is 13.4. The van der Waals surface area contributed by atoms with Gasteiger partial charge in [0.15, 0.2) is 5.13 Å². The van der Waals surface area contributed by atoms with E-state index < -0.39 is 23.8 Å². The number of allylic oxidation sites excluding steroid dienone is 2. The summed E-state index contributed by atoms with van der Waals surface area (Å²) >= 11 is 2.68. The van der Waals surface area contributed by atoms with E-state index >= 15 is 0 Å². The van der Waals surface area contributed by atoms with Crippen molar-refractivity contribution in [1.82, 2.24) is 35.2 Å². The zero-order valence-electron chi connectivity index (χ0n) is 48.1. The number of benzene rings is 3. The molecule has 20 nitrogen and oxygen atoms in total. The van der Waals surface area contributed by atoms with Crippen LogP contribution in [0.25, 0.3) is 15.8 Å². The lowest BCUT2D eigenvalue weighted by molar-refractivity contribution is -0.126. The Balaban J connectivity index is 0.715. The summed E-state index contributed by atoms with van der Waals surface area (Å²) in [5, 5.41) is 23.4. The van der Waals surface area contributed by atoms with Gasteiger partial charge < -0.3 is 46.5 Å². The van der Waals surface area contributed by atoms with Crippen LogP contribution >= 0.6 is 23.3 Å². The molecule has 22 heteroatoms. The predicted molar refractivity (Wildman–Crippen MR) is 331 cm³/mol. The molecule has 3 aliphatic heterocycles. The lowest BCUT2D eigenvalue weighted by Crippen LogP contribution is -2.52. The van der Waals surface area contributed by atoms with Crippen LogP contribution in [0.15, 0.2) is 90.4 Å². The average molecular weight is 1180 g/mol. The molecule has 5 aromatic rings. The number of hydrazine groups is 1. The van der Waals surface area contributed by atoms with E-state index in [2.05, 4.69) is 55.8 Å². The molecule has 5 heterocycles. The lowest BCUT2D eigenvalue weighted by Gasteiger charge is -2.47. The number of fused-ring (bicyclic) bond motifs is 5. The maximum absolute atomic E-state index is 14.4. The summed E-state index contributed by atoms with van der Waals surface area (Å²) in [6.45, 7) is 10.9. The number of nitrogens with zero attached hydrogens (tertiary/aromatic N) is 5. The Kier molecular flexibility index (Phi) is 19.3. The fourth-order valence-corrected chi connectivity index (χ4v) is 14.4. The third kappa shape index (κ3) is 14.1. The number of amides is 5. The number of nitrogens with one attached hydrogen (secondary N) is 6. The van der Waals surface area contributed by atoms with Crippen molar-refractivity contribution >= 4 is 91.5 Å². The molecular weight excluding hydrogens is 1100 g/mol. The smallest absolute Gasteiger partial charge is 0.280 e. The first-order chi connectivity index (χ1) is 40.6. The molecule has 1 saturated heterocycles. The van der Waals surface area contributed by atoms with E-state index in [1.54, 1.807) is 24.4 Å². The van der Waals surface area contributed by atoms with Gasteiger partial charge in [-0.05, 0) is 141 Å². The van der Waals surface area contributed by atoms with Gasteiger partial charge in [-0.15, -0.1) is 0 Å². The zero-order chi connectivity index (χ0) is 58.9. The molecule has 3 unspecified atom stereocenters. The molecule has 0 spiro atoms. The van der Waals surface area contributed by atoms with Crippen molar-refractivity contribution in [3.8, 4) is 0 Å². The summed E-state index contributed by atoms with van der Waals surface area (Å²) in [6.07, 6.45) is 11.6. The summed E-state index contributed by atoms with van der Waals surface area (Å²) in [6, 6.07) is 21.6. The number of pyridine rings is 1. The van der Waals surface area contributed by atoms with Crippen LogP contribution in [-0.4, -0.2) is 127 Å². The number of piperidine rings is 1. The maximum atomic E-state index is 14.4. The van der Waals surface area contributed by atoms with E-state index in [9.17, 15) is 24.0 Å². The van der Waals surface area contributed by atoms with Crippen LogP contribution in [0.5, 0.6) is 0 Å². The summed E-state index contributed by atoms with van der Waals surface area (Å²) in [4.78, 5) is 80.2. The highest BCUT2D eigenvalue weighted by Crippen LogP contribution is 2.50. The van der Waals surface area contributed by atoms with Gasteiger partial charge in [0.2, 0.25) is 5.91 Å². The van der Waals surface area contributed by atoms with E-state index in [1.165, 1.54) is 66.6 Å². The second-order valence-electron chi connectivity index (χ2n) is 23.2. The average Bonchev–Trinajstić information content (AvgIpc) is 2.54. The Bertz CT molecular complexity index is 3300. The van der Waals surface area contributed by atoms with Gasteiger partial charge in [0, 0.05) is 85.5 Å².